The third-order valence-corrected chi connectivity index (χ3v) is 3.53. The van der Waals surface area contributed by atoms with Crippen molar-refractivity contribution in [2.45, 2.75) is 57.4 Å². The molecule has 1 aromatic rings. The Morgan fingerprint density at radius 1 is 1.25 bits per heavy atom. The van der Waals surface area contributed by atoms with E-state index in [1.54, 1.807) is 0 Å². The summed E-state index contributed by atoms with van der Waals surface area (Å²) in [6.45, 7) is 4.51. The van der Waals surface area contributed by atoms with Crippen LogP contribution in [0.15, 0.2) is 12.3 Å². The van der Waals surface area contributed by atoms with Crippen LogP contribution in [0.3, 0.4) is 0 Å². The molecule has 0 spiro atoms. The highest BCUT2D eigenvalue weighted by Crippen LogP contribution is 2.41. The summed E-state index contributed by atoms with van der Waals surface area (Å²) in [7, 11) is 0. The Labute approximate surface area is 97.5 Å². The molecule has 0 bridgehead atoms. The highest BCUT2D eigenvalue weighted by Gasteiger charge is 2.27. The van der Waals surface area contributed by atoms with Crippen LogP contribution in [0.25, 0.3) is 0 Å². The average Bonchev–Trinajstić information content (AvgIpc) is 3.12. The van der Waals surface area contributed by atoms with Crippen molar-refractivity contribution in [2.24, 2.45) is 0 Å². The lowest BCUT2D eigenvalue weighted by Gasteiger charge is -2.14. The fourth-order valence-electron chi connectivity index (χ4n) is 2.12. The number of rotatable bonds is 4. The minimum absolute atomic E-state index is 0.562. The van der Waals surface area contributed by atoms with Crippen molar-refractivity contribution >= 4 is 5.82 Å². The van der Waals surface area contributed by atoms with E-state index < -0.39 is 0 Å². The molecule has 3 rings (SSSR count). The second kappa shape index (κ2) is 3.76. The van der Waals surface area contributed by atoms with E-state index in [9.17, 15) is 0 Å². The summed E-state index contributed by atoms with van der Waals surface area (Å²) in [4.78, 5) is 4.63. The lowest BCUT2D eigenvalue weighted by atomic mass is 10.0. The first-order chi connectivity index (χ1) is 7.74. The number of nitrogens with zero attached hydrogens (tertiary/aromatic N) is 1. The zero-order valence-electron chi connectivity index (χ0n) is 10.2. The van der Waals surface area contributed by atoms with Gasteiger partial charge in [0.15, 0.2) is 0 Å². The van der Waals surface area contributed by atoms with E-state index in [1.807, 2.05) is 0 Å². The van der Waals surface area contributed by atoms with Crippen LogP contribution in [0.4, 0.5) is 5.82 Å². The van der Waals surface area contributed by atoms with Crippen LogP contribution in [0.2, 0.25) is 0 Å². The molecule has 2 nitrogen and oxygen atoms in total. The summed E-state index contributed by atoms with van der Waals surface area (Å²) >= 11 is 0. The molecule has 0 saturated heterocycles. The van der Waals surface area contributed by atoms with E-state index in [1.165, 1.54) is 36.8 Å². The number of aromatic nitrogens is 1. The highest BCUT2D eigenvalue weighted by atomic mass is 15.0. The first-order valence-corrected chi connectivity index (χ1v) is 6.50. The van der Waals surface area contributed by atoms with Crippen LogP contribution in [-0.2, 0) is 0 Å². The quantitative estimate of drug-likeness (QED) is 0.831. The summed E-state index contributed by atoms with van der Waals surface area (Å²) in [5.74, 6) is 2.49. The van der Waals surface area contributed by atoms with Crippen molar-refractivity contribution in [3.05, 3.63) is 23.4 Å². The molecule has 2 heteroatoms. The highest BCUT2D eigenvalue weighted by molar-refractivity contribution is 5.49. The summed E-state index contributed by atoms with van der Waals surface area (Å²) in [6, 6.07) is 3.07. The number of hydrogen-bond donors (Lipinski definition) is 1. The molecule has 0 aliphatic heterocycles. The largest absolute Gasteiger partial charge is 0.367 e. The molecule has 1 heterocycles. The minimum atomic E-state index is 0.562. The molecule has 0 aromatic carbocycles. The van der Waals surface area contributed by atoms with Gasteiger partial charge in [-0.2, -0.15) is 0 Å². The number of hydrogen-bond acceptors (Lipinski definition) is 2. The van der Waals surface area contributed by atoms with Crippen molar-refractivity contribution in [1.82, 2.24) is 4.98 Å². The van der Waals surface area contributed by atoms with Gasteiger partial charge in [-0.1, -0.05) is 19.9 Å². The fourth-order valence-corrected chi connectivity index (χ4v) is 2.12. The summed E-state index contributed by atoms with van der Waals surface area (Å²) in [5, 5.41) is 3.54. The predicted octanol–water partition coefficient (Wildman–Crippen LogP) is 3.66. The molecule has 1 aromatic heterocycles. The first-order valence-electron chi connectivity index (χ1n) is 6.50. The van der Waals surface area contributed by atoms with Gasteiger partial charge in [-0.3, -0.25) is 0 Å². The molecular weight excluding hydrogens is 196 g/mol. The lowest BCUT2D eigenvalue weighted by Crippen LogP contribution is -2.07. The van der Waals surface area contributed by atoms with Crippen molar-refractivity contribution in [3.8, 4) is 0 Å². The molecule has 2 fully saturated rings. The molecule has 16 heavy (non-hydrogen) atoms. The summed E-state index contributed by atoms with van der Waals surface area (Å²) in [6.07, 6.45) is 7.41. The molecule has 2 aliphatic rings. The van der Waals surface area contributed by atoms with E-state index in [4.69, 9.17) is 0 Å². The van der Waals surface area contributed by atoms with Gasteiger partial charge in [-0.15, -0.1) is 0 Å². The second-order valence-corrected chi connectivity index (χ2v) is 5.55. The Balaban J connectivity index is 1.89. The van der Waals surface area contributed by atoms with Crippen LogP contribution in [0.1, 0.15) is 62.5 Å². The first kappa shape index (κ1) is 10.1. The van der Waals surface area contributed by atoms with Crippen LogP contribution in [0, 0.1) is 0 Å². The monoisotopic (exact) mass is 216 g/mol. The maximum Gasteiger partial charge on any atom is 0.129 e. The van der Waals surface area contributed by atoms with Crippen LogP contribution >= 0.6 is 0 Å². The Morgan fingerprint density at radius 3 is 2.56 bits per heavy atom. The van der Waals surface area contributed by atoms with Gasteiger partial charge in [-0.25, -0.2) is 4.98 Å². The van der Waals surface area contributed by atoms with Gasteiger partial charge in [0.1, 0.15) is 5.82 Å². The Kier molecular flexibility index (Phi) is 2.38. The van der Waals surface area contributed by atoms with Gasteiger partial charge in [0.05, 0.1) is 0 Å². The zero-order valence-corrected chi connectivity index (χ0v) is 10.2. The SMILES string of the molecule is CC(C)c1cc(C2CC2)cnc1NC1CC1. The summed E-state index contributed by atoms with van der Waals surface area (Å²) in [5.41, 5.74) is 2.85. The zero-order chi connectivity index (χ0) is 11.1. The molecule has 1 N–H and O–H groups in total. The molecular formula is C14H20N2. The molecule has 0 unspecified atom stereocenters. The van der Waals surface area contributed by atoms with Gasteiger partial charge in [0, 0.05) is 12.2 Å². The van der Waals surface area contributed by atoms with E-state index in [2.05, 4.69) is 36.4 Å². The lowest BCUT2D eigenvalue weighted by molar-refractivity contribution is 0.849. The third-order valence-electron chi connectivity index (χ3n) is 3.53. The van der Waals surface area contributed by atoms with E-state index in [0.717, 1.165) is 11.7 Å². The number of nitrogens with one attached hydrogen (secondary N) is 1. The molecule has 86 valence electrons. The van der Waals surface area contributed by atoms with Gasteiger partial charge >= 0.3 is 0 Å². The van der Waals surface area contributed by atoms with Crippen LogP contribution < -0.4 is 5.32 Å². The maximum atomic E-state index is 4.63. The molecule has 2 aliphatic carbocycles. The molecule has 2 saturated carbocycles. The van der Waals surface area contributed by atoms with Gasteiger partial charge in [-0.05, 0) is 48.6 Å². The molecule has 0 atom stereocenters. The van der Waals surface area contributed by atoms with E-state index >= 15 is 0 Å². The Hall–Kier alpha value is -1.05. The van der Waals surface area contributed by atoms with Gasteiger partial charge in [0.25, 0.3) is 0 Å². The van der Waals surface area contributed by atoms with Gasteiger partial charge in [0.2, 0.25) is 0 Å². The number of anilines is 1. The smallest absolute Gasteiger partial charge is 0.129 e. The van der Waals surface area contributed by atoms with E-state index in [-0.39, 0.29) is 0 Å². The van der Waals surface area contributed by atoms with Gasteiger partial charge < -0.3 is 5.32 Å². The Bertz CT molecular complexity index is 390. The third kappa shape index (κ3) is 2.06. The summed E-state index contributed by atoms with van der Waals surface area (Å²) < 4.78 is 0. The standard InChI is InChI=1S/C14H20N2/c1-9(2)13-7-11(10-3-4-10)8-15-14(13)16-12-5-6-12/h7-10,12H,3-6H2,1-2H3,(H,15,16). The minimum Gasteiger partial charge on any atom is -0.367 e. The van der Waals surface area contributed by atoms with Crippen LogP contribution in [0.5, 0.6) is 0 Å². The van der Waals surface area contributed by atoms with Crippen molar-refractivity contribution < 1.29 is 0 Å². The normalized spacial score (nSPS) is 20.2. The van der Waals surface area contributed by atoms with Crippen LogP contribution in [-0.4, -0.2) is 11.0 Å². The average molecular weight is 216 g/mol. The van der Waals surface area contributed by atoms with Crippen molar-refractivity contribution in [3.63, 3.8) is 0 Å². The molecule has 0 radical (unpaired) electrons. The van der Waals surface area contributed by atoms with E-state index in [0.29, 0.717) is 12.0 Å². The Morgan fingerprint density at radius 2 is 2.00 bits per heavy atom. The topological polar surface area (TPSA) is 24.9 Å². The van der Waals surface area contributed by atoms with Crippen molar-refractivity contribution in [1.29, 1.82) is 0 Å². The molecule has 0 amide bonds. The predicted molar refractivity (Wildman–Crippen MR) is 66.9 cm³/mol. The maximum absolute atomic E-state index is 4.63. The van der Waals surface area contributed by atoms with Crippen molar-refractivity contribution in [2.75, 3.05) is 5.32 Å². The number of pyridine rings is 1. The fraction of sp³-hybridized carbons (Fsp3) is 0.643. The second-order valence-electron chi connectivity index (χ2n) is 5.55.